The van der Waals surface area contributed by atoms with Crippen molar-refractivity contribution in [1.82, 2.24) is 5.32 Å². The summed E-state index contributed by atoms with van der Waals surface area (Å²) in [5.41, 5.74) is 1.70. The number of furan rings is 1. The fourth-order valence-electron chi connectivity index (χ4n) is 3.31. The molecule has 0 bridgehead atoms. The average Bonchev–Trinajstić information content (AvgIpc) is 3.21. The van der Waals surface area contributed by atoms with Crippen LogP contribution in [0.15, 0.2) is 58.5 Å². The molecule has 0 radical (unpaired) electrons. The summed E-state index contributed by atoms with van der Waals surface area (Å²) in [6, 6.07) is 12.5. The van der Waals surface area contributed by atoms with Crippen molar-refractivity contribution in [2.75, 3.05) is 4.90 Å². The van der Waals surface area contributed by atoms with Crippen molar-refractivity contribution in [3.05, 3.63) is 81.0 Å². The largest absolute Gasteiger partial charge is 0.478 e. The van der Waals surface area contributed by atoms with Crippen LogP contribution in [0.1, 0.15) is 21.7 Å². The molecule has 2 amide bonds. The first-order valence-electron chi connectivity index (χ1n) is 9.46. The first kappa shape index (κ1) is 22.7. The minimum Gasteiger partial charge on any atom is -0.478 e. The first-order valence-corrected chi connectivity index (χ1v) is 10.6. The number of carboxylic acid groups (broad SMARTS) is 1. The molecule has 1 aliphatic heterocycles. The molecular formula is C23H14Cl2N2O5S. The number of nitrogens with zero attached hydrogens (tertiary/aromatic N) is 1. The SMILES string of the molecule is Cc1cc(C(=O)O)ccc1-c1ccc(/C=C2\C(=O)NC(=S)N(c3ccc(Cl)c(Cl)c3)C2=O)o1. The van der Waals surface area contributed by atoms with Crippen LogP contribution < -0.4 is 10.2 Å². The van der Waals surface area contributed by atoms with Gasteiger partial charge in [0, 0.05) is 5.56 Å². The molecule has 3 aromatic rings. The number of carbonyl (C=O) groups is 3. The summed E-state index contributed by atoms with van der Waals surface area (Å²) in [6.07, 6.45) is 1.31. The van der Waals surface area contributed by atoms with E-state index in [9.17, 15) is 14.4 Å². The summed E-state index contributed by atoms with van der Waals surface area (Å²) < 4.78 is 5.81. The van der Waals surface area contributed by atoms with Gasteiger partial charge in [0.2, 0.25) is 0 Å². The summed E-state index contributed by atoms with van der Waals surface area (Å²) in [7, 11) is 0. The number of hydrogen-bond donors (Lipinski definition) is 2. The highest BCUT2D eigenvalue weighted by atomic mass is 35.5. The molecule has 0 aliphatic carbocycles. The van der Waals surface area contributed by atoms with Gasteiger partial charge in [-0.05, 0) is 73.2 Å². The lowest BCUT2D eigenvalue weighted by Crippen LogP contribution is -2.54. The summed E-state index contributed by atoms with van der Waals surface area (Å²) in [6.45, 7) is 1.76. The number of aryl methyl sites for hydroxylation is 1. The molecule has 166 valence electrons. The third kappa shape index (κ3) is 4.41. The fraction of sp³-hybridized carbons (Fsp3) is 0.0435. The van der Waals surface area contributed by atoms with E-state index in [2.05, 4.69) is 5.32 Å². The van der Waals surface area contributed by atoms with Crippen molar-refractivity contribution in [3.63, 3.8) is 0 Å². The Morgan fingerprint density at radius 3 is 2.52 bits per heavy atom. The highest BCUT2D eigenvalue weighted by molar-refractivity contribution is 7.80. The van der Waals surface area contributed by atoms with Crippen LogP contribution in [-0.4, -0.2) is 28.0 Å². The number of thiocarbonyl (C=S) groups is 1. The van der Waals surface area contributed by atoms with E-state index >= 15 is 0 Å². The van der Waals surface area contributed by atoms with Crippen LogP contribution in [-0.2, 0) is 9.59 Å². The van der Waals surface area contributed by atoms with E-state index in [0.29, 0.717) is 27.6 Å². The van der Waals surface area contributed by atoms with Gasteiger partial charge in [-0.15, -0.1) is 0 Å². The quantitative estimate of drug-likeness (QED) is 0.294. The lowest BCUT2D eigenvalue weighted by molar-refractivity contribution is -0.122. The van der Waals surface area contributed by atoms with Crippen LogP contribution in [0.5, 0.6) is 0 Å². The molecule has 0 saturated carbocycles. The Labute approximate surface area is 203 Å². The second-order valence-electron chi connectivity index (χ2n) is 7.09. The van der Waals surface area contributed by atoms with E-state index in [0.717, 1.165) is 4.90 Å². The van der Waals surface area contributed by atoms with E-state index in [1.807, 2.05) is 0 Å². The van der Waals surface area contributed by atoms with Gasteiger partial charge in [-0.3, -0.25) is 19.8 Å². The molecule has 4 rings (SSSR count). The molecule has 1 aromatic heterocycles. The molecule has 1 aliphatic rings. The Bertz CT molecular complexity index is 1380. The van der Waals surface area contributed by atoms with Gasteiger partial charge in [-0.2, -0.15) is 0 Å². The molecule has 1 fully saturated rings. The molecule has 0 unspecified atom stereocenters. The van der Waals surface area contributed by atoms with Gasteiger partial charge in [0.15, 0.2) is 5.11 Å². The van der Waals surface area contributed by atoms with E-state index in [-0.39, 0.29) is 27.0 Å². The van der Waals surface area contributed by atoms with Crippen LogP contribution in [0.2, 0.25) is 10.0 Å². The Hall–Kier alpha value is -3.46. The smallest absolute Gasteiger partial charge is 0.335 e. The molecule has 2 N–H and O–H groups in total. The van der Waals surface area contributed by atoms with Gasteiger partial charge in [-0.1, -0.05) is 29.3 Å². The highest BCUT2D eigenvalue weighted by Crippen LogP contribution is 2.31. The number of amides is 2. The molecule has 10 heteroatoms. The monoisotopic (exact) mass is 500 g/mol. The minimum absolute atomic E-state index is 0.0881. The normalized spacial score (nSPS) is 15.2. The maximum atomic E-state index is 13.1. The van der Waals surface area contributed by atoms with Gasteiger partial charge in [-0.25, -0.2) is 4.79 Å². The average molecular weight is 501 g/mol. The fourth-order valence-corrected chi connectivity index (χ4v) is 3.88. The number of rotatable bonds is 4. The van der Waals surface area contributed by atoms with E-state index in [1.54, 1.807) is 31.2 Å². The van der Waals surface area contributed by atoms with Crippen molar-refractivity contribution in [1.29, 1.82) is 0 Å². The van der Waals surface area contributed by atoms with Crippen molar-refractivity contribution in [3.8, 4) is 11.3 Å². The number of carboxylic acids is 1. The van der Waals surface area contributed by atoms with Crippen LogP contribution >= 0.6 is 35.4 Å². The van der Waals surface area contributed by atoms with E-state index in [1.165, 1.54) is 30.3 Å². The Morgan fingerprint density at radius 1 is 1.09 bits per heavy atom. The number of aromatic carboxylic acids is 1. The van der Waals surface area contributed by atoms with Crippen molar-refractivity contribution < 1.29 is 23.9 Å². The van der Waals surface area contributed by atoms with Crippen molar-refractivity contribution in [2.24, 2.45) is 0 Å². The van der Waals surface area contributed by atoms with Crippen molar-refractivity contribution in [2.45, 2.75) is 6.92 Å². The third-order valence-electron chi connectivity index (χ3n) is 4.92. The van der Waals surface area contributed by atoms with Gasteiger partial charge in [0.25, 0.3) is 11.8 Å². The third-order valence-corrected chi connectivity index (χ3v) is 5.94. The van der Waals surface area contributed by atoms with Crippen molar-refractivity contribution >= 4 is 70.1 Å². The number of benzene rings is 2. The molecule has 33 heavy (non-hydrogen) atoms. The molecule has 0 spiro atoms. The predicted octanol–water partition coefficient (Wildman–Crippen LogP) is 5.09. The molecule has 0 atom stereocenters. The number of nitrogens with one attached hydrogen (secondary N) is 1. The van der Waals surface area contributed by atoms with Crippen LogP contribution in [0.3, 0.4) is 0 Å². The lowest BCUT2D eigenvalue weighted by atomic mass is 10.0. The maximum absolute atomic E-state index is 13.1. The standard InChI is InChI=1S/C23H14Cl2N2O5S/c1-11-8-12(22(30)31)2-5-15(11)19-7-4-14(32-19)10-16-20(28)26-23(33)27(21(16)29)13-3-6-17(24)18(25)9-13/h2-10H,1H3,(H,30,31)(H,26,28,33)/b16-10+. The summed E-state index contributed by atoms with van der Waals surface area (Å²) in [4.78, 5) is 37.9. The predicted molar refractivity (Wildman–Crippen MR) is 129 cm³/mol. The Kier molecular flexibility index (Phi) is 6.07. The molecule has 2 aromatic carbocycles. The number of halogens is 2. The Morgan fingerprint density at radius 2 is 1.85 bits per heavy atom. The zero-order valence-electron chi connectivity index (χ0n) is 16.9. The van der Waals surface area contributed by atoms with Crippen LogP contribution in [0.25, 0.3) is 17.4 Å². The van der Waals surface area contributed by atoms with Gasteiger partial charge >= 0.3 is 5.97 Å². The highest BCUT2D eigenvalue weighted by Gasteiger charge is 2.35. The zero-order chi connectivity index (χ0) is 23.9. The van der Waals surface area contributed by atoms with E-state index in [4.69, 9.17) is 44.9 Å². The molecule has 1 saturated heterocycles. The van der Waals surface area contributed by atoms with Crippen LogP contribution in [0, 0.1) is 6.92 Å². The second-order valence-corrected chi connectivity index (χ2v) is 8.29. The molecule has 2 heterocycles. The van der Waals surface area contributed by atoms with Gasteiger partial charge in [0.05, 0.1) is 21.3 Å². The topological polar surface area (TPSA) is 99.8 Å². The summed E-state index contributed by atoms with van der Waals surface area (Å²) in [5, 5.41) is 12.1. The Balaban J connectivity index is 1.67. The second kappa shape index (κ2) is 8.82. The maximum Gasteiger partial charge on any atom is 0.335 e. The lowest BCUT2D eigenvalue weighted by Gasteiger charge is -2.29. The van der Waals surface area contributed by atoms with Gasteiger partial charge in [0.1, 0.15) is 17.1 Å². The minimum atomic E-state index is -1.03. The summed E-state index contributed by atoms with van der Waals surface area (Å²) in [5.74, 6) is -1.63. The van der Waals surface area contributed by atoms with E-state index < -0.39 is 17.8 Å². The van der Waals surface area contributed by atoms with Gasteiger partial charge < -0.3 is 9.52 Å². The molecular weight excluding hydrogens is 487 g/mol. The van der Waals surface area contributed by atoms with Crippen LogP contribution in [0.4, 0.5) is 5.69 Å². The zero-order valence-corrected chi connectivity index (χ0v) is 19.2. The number of hydrogen-bond acceptors (Lipinski definition) is 5. The first-order chi connectivity index (χ1) is 15.7. The number of carbonyl (C=O) groups excluding carboxylic acids is 2. The number of anilines is 1. The molecule has 7 nitrogen and oxygen atoms in total. The summed E-state index contributed by atoms with van der Waals surface area (Å²) >= 11 is 17.2.